The van der Waals surface area contributed by atoms with Crippen LogP contribution in [-0.2, 0) is 6.54 Å². The predicted octanol–water partition coefficient (Wildman–Crippen LogP) is 1.66. The van der Waals surface area contributed by atoms with Gasteiger partial charge in [-0.15, -0.1) is 11.3 Å². The van der Waals surface area contributed by atoms with E-state index in [1.54, 1.807) is 11.3 Å². The van der Waals surface area contributed by atoms with Crippen molar-refractivity contribution >= 4 is 16.3 Å². The molecule has 4 nitrogen and oxygen atoms in total. The van der Waals surface area contributed by atoms with Crippen molar-refractivity contribution in [3.63, 3.8) is 0 Å². The van der Waals surface area contributed by atoms with Crippen molar-refractivity contribution in [2.75, 3.05) is 27.2 Å². The van der Waals surface area contributed by atoms with Gasteiger partial charge >= 0.3 is 0 Å². The summed E-state index contributed by atoms with van der Waals surface area (Å²) >= 11 is 1.75. The second-order valence-electron chi connectivity index (χ2n) is 4.62. The average molecular weight is 252 g/mol. The van der Waals surface area contributed by atoms with Crippen LogP contribution in [-0.4, -0.2) is 41.5 Å². The highest BCUT2D eigenvalue weighted by atomic mass is 32.1. The quantitative estimate of drug-likeness (QED) is 0.822. The standard InChI is InChI=1S/C12H20N4S/c1-9-8-16-11(7-13-5-6-15(3)4)10(2)14-12(16)17-9/h8,13H,5-7H2,1-4H3. The predicted molar refractivity (Wildman–Crippen MR) is 72.8 cm³/mol. The Balaban J connectivity index is 2.04. The molecule has 2 aromatic heterocycles. The Kier molecular flexibility index (Phi) is 3.81. The summed E-state index contributed by atoms with van der Waals surface area (Å²) in [6, 6.07) is 0. The maximum Gasteiger partial charge on any atom is 0.194 e. The molecule has 0 aliphatic heterocycles. The summed E-state index contributed by atoms with van der Waals surface area (Å²) in [6.07, 6.45) is 2.17. The number of likely N-dealkylation sites (N-methyl/N-ethyl adjacent to an activating group) is 1. The molecule has 0 unspecified atom stereocenters. The Morgan fingerprint density at radius 3 is 2.88 bits per heavy atom. The molecule has 0 aromatic carbocycles. The molecule has 0 radical (unpaired) electrons. The van der Waals surface area contributed by atoms with Crippen LogP contribution in [0.15, 0.2) is 6.20 Å². The minimum Gasteiger partial charge on any atom is -0.310 e. The van der Waals surface area contributed by atoms with Gasteiger partial charge in [0.15, 0.2) is 4.96 Å². The summed E-state index contributed by atoms with van der Waals surface area (Å²) in [5.41, 5.74) is 2.41. The zero-order valence-electron chi connectivity index (χ0n) is 10.9. The lowest BCUT2D eigenvalue weighted by atomic mass is 10.3. The van der Waals surface area contributed by atoms with Crippen LogP contribution < -0.4 is 5.32 Å². The van der Waals surface area contributed by atoms with Gasteiger partial charge in [-0.3, -0.25) is 4.40 Å². The van der Waals surface area contributed by atoms with Gasteiger partial charge in [-0.1, -0.05) is 0 Å². The fraction of sp³-hybridized carbons (Fsp3) is 0.583. The molecule has 0 amide bonds. The molecule has 0 spiro atoms. The van der Waals surface area contributed by atoms with Crippen LogP contribution in [0.3, 0.4) is 0 Å². The number of nitrogens with one attached hydrogen (secondary N) is 1. The number of aryl methyl sites for hydroxylation is 2. The summed E-state index contributed by atoms with van der Waals surface area (Å²) in [4.78, 5) is 9.17. The molecule has 0 aliphatic rings. The van der Waals surface area contributed by atoms with Crippen molar-refractivity contribution in [2.24, 2.45) is 0 Å². The largest absolute Gasteiger partial charge is 0.310 e. The van der Waals surface area contributed by atoms with Crippen LogP contribution in [0.4, 0.5) is 0 Å². The third kappa shape index (κ3) is 2.86. The van der Waals surface area contributed by atoms with E-state index in [0.717, 1.165) is 30.3 Å². The fourth-order valence-electron chi connectivity index (χ4n) is 1.83. The van der Waals surface area contributed by atoms with Crippen LogP contribution in [0.5, 0.6) is 0 Å². The van der Waals surface area contributed by atoms with Crippen LogP contribution in [0, 0.1) is 13.8 Å². The van der Waals surface area contributed by atoms with E-state index in [-0.39, 0.29) is 0 Å². The molecule has 0 fully saturated rings. The van der Waals surface area contributed by atoms with Crippen molar-refractivity contribution < 1.29 is 0 Å². The molecule has 0 saturated heterocycles. The number of hydrogen-bond acceptors (Lipinski definition) is 4. The Morgan fingerprint density at radius 1 is 1.41 bits per heavy atom. The molecule has 17 heavy (non-hydrogen) atoms. The molecule has 2 rings (SSSR count). The summed E-state index contributed by atoms with van der Waals surface area (Å²) in [7, 11) is 4.18. The van der Waals surface area contributed by atoms with Crippen molar-refractivity contribution in [3.05, 3.63) is 22.5 Å². The lowest BCUT2D eigenvalue weighted by Crippen LogP contribution is -2.26. The number of fused-ring (bicyclic) bond motifs is 1. The van der Waals surface area contributed by atoms with Crippen molar-refractivity contribution in [1.82, 2.24) is 19.6 Å². The van der Waals surface area contributed by atoms with Crippen LogP contribution >= 0.6 is 11.3 Å². The molecule has 2 aromatic rings. The zero-order chi connectivity index (χ0) is 12.4. The smallest absolute Gasteiger partial charge is 0.194 e. The normalized spacial score (nSPS) is 11.8. The number of nitrogens with zero attached hydrogens (tertiary/aromatic N) is 3. The molecule has 0 saturated carbocycles. The van der Waals surface area contributed by atoms with Gasteiger partial charge < -0.3 is 10.2 Å². The maximum atomic E-state index is 4.58. The number of thiazole rings is 1. The molecule has 0 atom stereocenters. The van der Waals surface area contributed by atoms with E-state index in [9.17, 15) is 0 Å². The van der Waals surface area contributed by atoms with E-state index in [1.165, 1.54) is 10.6 Å². The summed E-state index contributed by atoms with van der Waals surface area (Å²) < 4.78 is 2.21. The molecule has 0 aliphatic carbocycles. The van der Waals surface area contributed by atoms with E-state index < -0.39 is 0 Å². The first-order chi connectivity index (χ1) is 8.08. The fourth-order valence-corrected chi connectivity index (χ4v) is 2.72. The number of hydrogen-bond donors (Lipinski definition) is 1. The SMILES string of the molecule is Cc1cn2c(CNCCN(C)C)c(C)nc2s1. The van der Waals surface area contributed by atoms with Crippen molar-refractivity contribution in [1.29, 1.82) is 0 Å². The lowest BCUT2D eigenvalue weighted by Gasteiger charge is -2.10. The first-order valence-electron chi connectivity index (χ1n) is 5.87. The molecule has 5 heteroatoms. The topological polar surface area (TPSA) is 32.6 Å². The van der Waals surface area contributed by atoms with Gasteiger partial charge in [-0.05, 0) is 27.9 Å². The van der Waals surface area contributed by atoms with Gasteiger partial charge in [0, 0.05) is 30.7 Å². The average Bonchev–Trinajstić information content (AvgIpc) is 2.69. The van der Waals surface area contributed by atoms with E-state index in [4.69, 9.17) is 0 Å². The third-order valence-corrected chi connectivity index (χ3v) is 3.67. The highest BCUT2D eigenvalue weighted by Crippen LogP contribution is 2.20. The van der Waals surface area contributed by atoms with Crippen LogP contribution in [0.1, 0.15) is 16.3 Å². The minimum atomic E-state index is 0.886. The van der Waals surface area contributed by atoms with E-state index in [2.05, 4.69) is 53.7 Å². The molecule has 1 N–H and O–H groups in total. The summed E-state index contributed by atoms with van der Waals surface area (Å²) in [5.74, 6) is 0. The van der Waals surface area contributed by atoms with E-state index in [0.29, 0.717) is 0 Å². The Labute approximate surface area is 106 Å². The second-order valence-corrected chi connectivity index (χ2v) is 5.83. The monoisotopic (exact) mass is 252 g/mol. The summed E-state index contributed by atoms with van der Waals surface area (Å²) in [5, 5.41) is 3.46. The molecule has 2 heterocycles. The van der Waals surface area contributed by atoms with Gasteiger partial charge in [0.1, 0.15) is 0 Å². The maximum absolute atomic E-state index is 4.58. The Hall–Kier alpha value is -0.910. The molecule has 0 bridgehead atoms. The number of aromatic nitrogens is 2. The van der Waals surface area contributed by atoms with Gasteiger partial charge in [-0.25, -0.2) is 4.98 Å². The first-order valence-corrected chi connectivity index (χ1v) is 6.69. The summed E-state index contributed by atoms with van der Waals surface area (Å²) in [6.45, 7) is 7.15. The molecular formula is C12H20N4S. The molecular weight excluding hydrogens is 232 g/mol. The lowest BCUT2D eigenvalue weighted by molar-refractivity contribution is 0.399. The van der Waals surface area contributed by atoms with Crippen LogP contribution in [0.25, 0.3) is 4.96 Å². The minimum absolute atomic E-state index is 0.886. The van der Waals surface area contributed by atoms with E-state index >= 15 is 0 Å². The van der Waals surface area contributed by atoms with Gasteiger partial charge in [-0.2, -0.15) is 0 Å². The van der Waals surface area contributed by atoms with Gasteiger partial charge in [0.05, 0.1) is 11.4 Å². The number of rotatable bonds is 5. The first kappa shape index (κ1) is 12.5. The Bertz CT molecular complexity index is 498. The number of imidazole rings is 1. The highest BCUT2D eigenvalue weighted by Gasteiger charge is 2.10. The third-order valence-electron chi connectivity index (χ3n) is 2.77. The van der Waals surface area contributed by atoms with Gasteiger partial charge in [0.25, 0.3) is 0 Å². The Morgan fingerprint density at radius 2 is 2.18 bits per heavy atom. The highest BCUT2D eigenvalue weighted by molar-refractivity contribution is 7.17. The van der Waals surface area contributed by atoms with Crippen LogP contribution in [0.2, 0.25) is 0 Å². The van der Waals surface area contributed by atoms with Crippen molar-refractivity contribution in [2.45, 2.75) is 20.4 Å². The van der Waals surface area contributed by atoms with Gasteiger partial charge in [0.2, 0.25) is 0 Å². The second kappa shape index (κ2) is 5.16. The van der Waals surface area contributed by atoms with Crippen molar-refractivity contribution in [3.8, 4) is 0 Å². The molecule has 94 valence electrons. The van der Waals surface area contributed by atoms with E-state index in [1.807, 2.05) is 0 Å². The zero-order valence-corrected chi connectivity index (χ0v) is 11.8.